The van der Waals surface area contributed by atoms with Crippen molar-refractivity contribution in [3.05, 3.63) is 51.1 Å². The Balaban J connectivity index is 2.22. The molecule has 0 spiro atoms. The Kier molecular flexibility index (Phi) is 3.68. The monoisotopic (exact) mass is 388 g/mol. The Hall–Kier alpha value is -1.87. The maximum Gasteiger partial charge on any atom is 0.227 e. The maximum atomic E-state index is 9.15. The predicted octanol–water partition coefficient (Wildman–Crippen LogP) is 5.09. The lowest BCUT2D eigenvalue weighted by atomic mass is 10.00. The Bertz CT molecular complexity index is 842. The number of benzene rings is 2. The molecule has 3 nitrogen and oxygen atoms in total. The van der Waals surface area contributed by atoms with E-state index < -0.39 is 0 Å². The van der Waals surface area contributed by atoms with Crippen molar-refractivity contribution < 1.29 is 4.42 Å². The topological polar surface area (TPSA) is 49.8 Å². The number of halogens is 1. The van der Waals surface area contributed by atoms with Gasteiger partial charge in [-0.3, -0.25) is 0 Å². The molecule has 0 unspecified atom stereocenters. The summed E-state index contributed by atoms with van der Waals surface area (Å²) in [5.41, 5.74) is 4.10. The van der Waals surface area contributed by atoms with Gasteiger partial charge in [0, 0.05) is 14.7 Å². The van der Waals surface area contributed by atoms with Crippen LogP contribution in [0.1, 0.15) is 30.9 Å². The molecule has 4 heteroatoms. The maximum absolute atomic E-state index is 9.15. The van der Waals surface area contributed by atoms with E-state index in [-0.39, 0.29) is 5.92 Å². The molecule has 0 amide bonds. The average molecular weight is 388 g/mol. The largest absolute Gasteiger partial charge is 0.436 e. The van der Waals surface area contributed by atoms with Crippen molar-refractivity contribution in [1.29, 1.82) is 5.26 Å². The van der Waals surface area contributed by atoms with E-state index in [9.17, 15) is 0 Å². The van der Waals surface area contributed by atoms with Crippen molar-refractivity contribution in [2.45, 2.75) is 19.8 Å². The second-order valence-corrected chi connectivity index (χ2v) is 6.45. The summed E-state index contributed by atoms with van der Waals surface area (Å²) in [7, 11) is 0. The fraction of sp³-hybridized carbons (Fsp3) is 0.176. The van der Waals surface area contributed by atoms with Gasteiger partial charge in [-0.1, -0.05) is 13.8 Å². The zero-order valence-corrected chi connectivity index (χ0v) is 13.9. The van der Waals surface area contributed by atoms with E-state index in [1.54, 1.807) is 6.07 Å². The van der Waals surface area contributed by atoms with Crippen molar-refractivity contribution in [1.82, 2.24) is 4.98 Å². The second-order valence-electron chi connectivity index (χ2n) is 5.21. The highest BCUT2D eigenvalue weighted by Crippen LogP contribution is 2.31. The third-order valence-electron chi connectivity index (χ3n) is 3.36. The Morgan fingerprint density at radius 2 is 1.90 bits per heavy atom. The van der Waals surface area contributed by atoms with Crippen LogP contribution in [0.2, 0.25) is 0 Å². The molecule has 0 aliphatic heterocycles. The summed E-state index contributed by atoms with van der Waals surface area (Å²) in [4.78, 5) is 4.54. The van der Waals surface area contributed by atoms with E-state index in [1.165, 1.54) is 3.57 Å². The molecule has 0 radical (unpaired) electrons. The number of hydrogen-bond donors (Lipinski definition) is 0. The molecular weight excluding hydrogens is 375 g/mol. The molecule has 3 rings (SSSR count). The highest BCUT2D eigenvalue weighted by atomic mass is 127. The minimum atomic E-state index is 0.276. The number of rotatable bonds is 2. The smallest absolute Gasteiger partial charge is 0.227 e. The van der Waals surface area contributed by atoms with Gasteiger partial charge in [-0.05, 0) is 64.9 Å². The van der Waals surface area contributed by atoms with Crippen LogP contribution in [0.3, 0.4) is 0 Å². The fourth-order valence-electron chi connectivity index (χ4n) is 2.27. The number of hydrogen-bond acceptors (Lipinski definition) is 3. The third-order valence-corrected chi connectivity index (χ3v) is 4.08. The van der Waals surface area contributed by atoms with E-state index in [4.69, 9.17) is 9.68 Å². The first kappa shape index (κ1) is 14.1. The molecule has 0 saturated carbocycles. The fourth-order valence-corrected chi connectivity index (χ4v) is 2.63. The molecule has 0 fully saturated rings. The second kappa shape index (κ2) is 5.49. The van der Waals surface area contributed by atoms with Crippen molar-refractivity contribution in [3.63, 3.8) is 0 Å². The van der Waals surface area contributed by atoms with Crippen molar-refractivity contribution in [2.75, 3.05) is 0 Å². The lowest BCUT2D eigenvalue weighted by molar-refractivity contribution is 0.611. The van der Waals surface area contributed by atoms with Crippen molar-refractivity contribution >= 4 is 33.7 Å². The molecule has 2 aromatic carbocycles. The molecule has 0 atom stereocenters. The molecule has 0 bridgehead atoms. The van der Waals surface area contributed by atoms with E-state index in [2.05, 4.69) is 47.5 Å². The summed E-state index contributed by atoms with van der Waals surface area (Å²) in [6.45, 7) is 4.17. The first-order valence-corrected chi connectivity index (χ1v) is 7.77. The summed E-state index contributed by atoms with van der Waals surface area (Å²) < 4.78 is 7.13. The quantitative estimate of drug-likeness (QED) is 0.575. The van der Waals surface area contributed by atoms with Gasteiger partial charge in [0.05, 0.1) is 11.6 Å². The van der Waals surface area contributed by atoms with Crippen LogP contribution >= 0.6 is 22.6 Å². The Morgan fingerprint density at radius 3 is 2.52 bits per heavy atom. The van der Waals surface area contributed by atoms with Crippen LogP contribution in [0.5, 0.6) is 0 Å². The first-order valence-electron chi connectivity index (χ1n) is 6.69. The molecule has 0 saturated heterocycles. The zero-order valence-electron chi connectivity index (χ0n) is 11.7. The molecule has 3 aromatic rings. The zero-order chi connectivity index (χ0) is 15.0. The molecular formula is C17H13IN2O. The number of aromatic nitrogens is 1. The van der Waals surface area contributed by atoms with E-state index >= 15 is 0 Å². The standard InChI is InChI=1S/C17H13IN2O/c1-10(2)14-7-11(9-19)8-15-16(14)21-17(20-15)12-3-5-13(18)6-4-12/h3-8,10H,1-2H3. The lowest BCUT2D eigenvalue weighted by Gasteiger charge is -2.05. The van der Waals surface area contributed by atoms with Gasteiger partial charge < -0.3 is 4.42 Å². The van der Waals surface area contributed by atoms with Gasteiger partial charge in [-0.2, -0.15) is 5.26 Å². The number of nitrogens with zero attached hydrogens (tertiary/aromatic N) is 2. The van der Waals surface area contributed by atoms with Gasteiger partial charge in [0.2, 0.25) is 5.89 Å². The van der Waals surface area contributed by atoms with Gasteiger partial charge in [0.25, 0.3) is 0 Å². The summed E-state index contributed by atoms with van der Waals surface area (Å²) >= 11 is 2.27. The van der Waals surface area contributed by atoms with Crippen LogP contribution in [-0.4, -0.2) is 4.98 Å². The minimum Gasteiger partial charge on any atom is -0.436 e. The summed E-state index contributed by atoms with van der Waals surface area (Å²) in [5, 5.41) is 9.15. The normalized spacial score (nSPS) is 11.0. The first-order chi connectivity index (χ1) is 10.1. The molecule has 21 heavy (non-hydrogen) atoms. The van der Waals surface area contributed by atoms with Gasteiger partial charge in [0.1, 0.15) is 5.52 Å². The SMILES string of the molecule is CC(C)c1cc(C#N)cc2nc(-c3ccc(I)cc3)oc12. The summed E-state index contributed by atoms with van der Waals surface area (Å²) in [6, 6.07) is 13.9. The van der Waals surface area contributed by atoms with Crippen LogP contribution in [0.4, 0.5) is 0 Å². The van der Waals surface area contributed by atoms with Crippen molar-refractivity contribution in [2.24, 2.45) is 0 Å². The highest BCUT2D eigenvalue weighted by Gasteiger charge is 2.15. The lowest BCUT2D eigenvalue weighted by Crippen LogP contribution is -1.89. The molecule has 104 valence electrons. The number of oxazole rings is 1. The van der Waals surface area contributed by atoms with E-state index in [0.29, 0.717) is 11.5 Å². The van der Waals surface area contributed by atoms with Crippen LogP contribution in [0, 0.1) is 14.9 Å². The van der Waals surface area contributed by atoms with Crippen molar-refractivity contribution in [3.8, 4) is 17.5 Å². The molecule has 0 aliphatic rings. The Morgan fingerprint density at radius 1 is 1.19 bits per heavy atom. The van der Waals surface area contributed by atoms with Gasteiger partial charge >= 0.3 is 0 Å². The van der Waals surface area contributed by atoms with Gasteiger partial charge in [-0.15, -0.1) is 0 Å². The molecule has 1 heterocycles. The van der Waals surface area contributed by atoms with E-state index in [1.807, 2.05) is 30.3 Å². The highest BCUT2D eigenvalue weighted by molar-refractivity contribution is 14.1. The molecule has 0 N–H and O–H groups in total. The third kappa shape index (κ3) is 2.66. The van der Waals surface area contributed by atoms with Crippen LogP contribution < -0.4 is 0 Å². The number of fused-ring (bicyclic) bond motifs is 1. The average Bonchev–Trinajstić information content (AvgIpc) is 2.90. The van der Waals surface area contributed by atoms with E-state index in [0.717, 1.165) is 22.2 Å². The van der Waals surface area contributed by atoms with Crippen LogP contribution in [-0.2, 0) is 0 Å². The van der Waals surface area contributed by atoms with Gasteiger partial charge in [0.15, 0.2) is 5.58 Å². The minimum absolute atomic E-state index is 0.276. The molecule has 1 aromatic heterocycles. The van der Waals surface area contributed by atoms with Gasteiger partial charge in [-0.25, -0.2) is 4.98 Å². The summed E-state index contributed by atoms with van der Waals surface area (Å²) in [5.74, 6) is 0.872. The summed E-state index contributed by atoms with van der Waals surface area (Å²) in [6.07, 6.45) is 0. The van der Waals surface area contributed by atoms with Crippen LogP contribution in [0.15, 0.2) is 40.8 Å². The predicted molar refractivity (Wildman–Crippen MR) is 91.0 cm³/mol. The van der Waals surface area contributed by atoms with Crippen LogP contribution in [0.25, 0.3) is 22.6 Å². The Labute approximate surface area is 136 Å². The molecule has 0 aliphatic carbocycles. The number of nitriles is 1.